The second-order valence-corrected chi connectivity index (χ2v) is 4.94. The van der Waals surface area contributed by atoms with E-state index in [9.17, 15) is 14.9 Å². The van der Waals surface area contributed by atoms with E-state index in [4.69, 9.17) is 4.74 Å². The smallest absolute Gasteiger partial charge is 0.273 e. The summed E-state index contributed by atoms with van der Waals surface area (Å²) in [7, 11) is 1.44. The summed E-state index contributed by atoms with van der Waals surface area (Å²) < 4.78 is 6.94. The van der Waals surface area contributed by atoms with E-state index < -0.39 is 4.92 Å². The summed E-state index contributed by atoms with van der Waals surface area (Å²) in [6, 6.07) is 7.80. The number of hydrogen-bond acceptors (Lipinski definition) is 4. The van der Waals surface area contributed by atoms with Crippen molar-refractivity contribution in [1.29, 1.82) is 0 Å². The molecule has 0 saturated heterocycles. The lowest BCUT2D eigenvalue weighted by atomic mass is 10.2. The van der Waals surface area contributed by atoms with Crippen LogP contribution in [0.2, 0.25) is 0 Å². The van der Waals surface area contributed by atoms with Crippen LogP contribution in [0.25, 0.3) is 0 Å². The van der Waals surface area contributed by atoms with Crippen LogP contribution < -0.4 is 10.3 Å². The summed E-state index contributed by atoms with van der Waals surface area (Å²) >= 11 is 3.16. The number of ether oxygens (including phenoxy) is 1. The number of nitro groups is 1. The van der Waals surface area contributed by atoms with Crippen LogP contribution in [0, 0.1) is 10.1 Å². The molecule has 0 fully saturated rings. The fourth-order valence-corrected chi connectivity index (χ4v) is 2.17. The van der Waals surface area contributed by atoms with Crippen molar-refractivity contribution in [3.63, 3.8) is 0 Å². The number of halogens is 1. The maximum Gasteiger partial charge on any atom is 0.273 e. The lowest BCUT2D eigenvalue weighted by Crippen LogP contribution is -2.20. The topological polar surface area (TPSA) is 74.4 Å². The number of nitrogens with zero attached hydrogens (tertiary/aromatic N) is 2. The second kappa shape index (κ2) is 5.87. The molecule has 0 saturated carbocycles. The van der Waals surface area contributed by atoms with E-state index in [0.717, 1.165) is 0 Å². The maximum atomic E-state index is 11.9. The average Bonchev–Trinajstić information content (AvgIpc) is 2.43. The Morgan fingerprint density at radius 1 is 1.40 bits per heavy atom. The fraction of sp³-hybridized carbons (Fsp3) is 0.154. The van der Waals surface area contributed by atoms with Gasteiger partial charge in [-0.3, -0.25) is 14.9 Å². The lowest BCUT2D eigenvalue weighted by molar-refractivity contribution is -0.385. The molecule has 6 nitrogen and oxygen atoms in total. The second-order valence-electron chi connectivity index (χ2n) is 4.09. The molecule has 20 heavy (non-hydrogen) atoms. The molecule has 1 aromatic carbocycles. The third-order valence-corrected chi connectivity index (χ3v) is 3.33. The zero-order chi connectivity index (χ0) is 14.7. The predicted octanol–water partition coefficient (Wildman–Crippen LogP) is 2.58. The van der Waals surface area contributed by atoms with Gasteiger partial charge in [0.15, 0.2) is 0 Å². The highest BCUT2D eigenvalue weighted by molar-refractivity contribution is 9.10. The van der Waals surface area contributed by atoms with Gasteiger partial charge in [0, 0.05) is 12.3 Å². The molecule has 7 heteroatoms. The first kappa shape index (κ1) is 14.3. The van der Waals surface area contributed by atoms with Crippen molar-refractivity contribution in [1.82, 2.24) is 4.57 Å². The lowest BCUT2D eigenvalue weighted by Gasteiger charge is -2.08. The molecule has 2 aromatic rings. The van der Waals surface area contributed by atoms with Gasteiger partial charge < -0.3 is 9.30 Å². The fourth-order valence-electron chi connectivity index (χ4n) is 1.79. The average molecular weight is 339 g/mol. The molecule has 0 spiro atoms. The Morgan fingerprint density at radius 3 is 2.80 bits per heavy atom. The van der Waals surface area contributed by atoms with Crippen molar-refractivity contribution < 1.29 is 9.66 Å². The Morgan fingerprint density at radius 2 is 2.15 bits per heavy atom. The third-order valence-electron chi connectivity index (χ3n) is 2.72. The Hall–Kier alpha value is -2.15. The molecule has 0 amide bonds. The molecule has 0 unspecified atom stereocenters. The molecule has 1 heterocycles. The zero-order valence-electron chi connectivity index (χ0n) is 10.6. The number of non-ortho nitro benzene ring substituents is 1. The Kier molecular flexibility index (Phi) is 4.19. The number of nitro benzene ring substituents is 1. The minimum atomic E-state index is -0.490. The predicted molar refractivity (Wildman–Crippen MR) is 77.2 cm³/mol. The van der Waals surface area contributed by atoms with Crippen molar-refractivity contribution in [2.75, 3.05) is 7.11 Å². The molecular formula is C13H11BrN2O4. The van der Waals surface area contributed by atoms with Gasteiger partial charge in [0.05, 0.1) is 29.1 Å². The summed E-state index contributed by atoms with van der Waals surface area (Å²) in [5.41, 5.74) is 0.358. The highest BCUT2D eigenvalue weighted by Gasteiger charge is 2.11. The van der Waals surface area contributed by atoms with Crippen molar-refractivity contribution in [2.45, 2.75) is 6.54 Å². The molecule has 0 atom stereocenters. The first-order valence-electron chi connectivity index (χ1n) is 5.68. The van der Waals surface area contributed by atoms with Gasteiger partial charge in [-0.2, -0.15) is 0 Å². The van der Waals surface area contributed by atoms with Crippen molar-refractivity contribution in [2.24, 2.45) is 0 Å². The Labute approximate surface area is 122 Å². The molecule has 0 N–H and O–H groups in total. The SMILES string of the molecule is COc1cc(Cn2cccc(Br)c2=O)cc([N+](=O)[O-])c1. The van der Waals surface area contributed by atoms with E-state index in [1.807, 2.05) is 0 Å². The summed E-state index contributed by atoms with van der Waals surface area (Å²) in [5, 5.41) is 10.9. The molecule has 1 aromatic heterocycles. The van der Waals surface area contributed by atoms with E-state index in [1.54, 1.807) is 24.4 Å². The van der Waals surface area contributed by atoms with Crippen LogP contribution in [0.4, 0.5) is 5.69 Å². The number of benzene rings is 1. The van der Waals surface area contributed by atoms with Crippen LogP contribution in [0.3, 0.4) is 0 Å². The largest absolute Gasteiger partial charge is 0.496 e. The Bertz CT molecular complexity index is 712. The van der Waals surface area contributed by atoms with Gasteiger partial charge in [0.1, 0.15) is 5.75 Å². The standard InChI is InChI=1S/C13H11BrN2O4/c1-20-11-6-9(5-10(7-11)16(18)19)8-15-4-2-3-12(14)13(15)17/h2-7H,8H2,1H3. The van der Waals surface area contributed by atoms with Crippen LogP contribution in [0.5, 0.6) is 5.75 Å². The zero-order valence-corrected chi connectivity index (χ0v) is 12.2. The van der Waals surface area contributed by atoms with Gasteiger partial charge in [-0.15, -0.1) is 0 Å². The van der Waals surface area contributed by atoms with Gasteiger partial charge >= 0.3 is 0 Å². The summed E-state index contributed by atoms with van der Waals surface area (Å²) in [4.78, 5) is 22.3. The number of pyridine rings is 1. The first-order chi connectivity index (χ1) is 9.51. The van der Waals surface area contributed by atoms with Gasteiger partial charge in [0.2, 0.25) is 0 Å². The first-order valence-corrected chi connectivity index (χ1v) is 6.48. The van der Waals surface area contributed by atoms with Gasteiger partial charge in [-0.1, -0.05) is 0 Å². The van der Waals surface area contributed by atoms with Crippen molar-refractivity contribution in [3.8, 4) is 5.75 Å². The summed E-state index contributed by atoms with van der Waals surface area (Å²) in [6.07, 6.45) is 1.62. The quantitative estimate of drug-likeness (QED) is 0.634. The minimum absolute atomic E-state index is 0.0672. The van der Waals surface area contributed by atoms with Crippen LogP contribution in [-0.4, -0.2) is 16.6 Å². The third kappa shape index (κ3) is 3.05. The van der Waals surface area contributed by atoms with E-state index in [0.29, 0.717) is 15.8 Å². The highest BCUT2D eigenvalue weighted by Crippen LogP contribution is 2.23. The minimum Gasteiger partial charge on any atom is -0.496 e. The van der Waals surface area contributed by atoms with Crippen LogP contribution in [-0.2, 0) is 6.54 Å². The van der Waals surface area contributed by atoms with Gasteiger partial charge in [-0.05, 0) is 39.7 Å². The molecule has 2 rings (SSSR count). The van der Waals surface area contributed by atoms with Crippen LogP contribution in [0.1, 0.15) is 5.56 Å². The number of hydrogen-bond donors (Lipinski definition) is 0. The van der Waals surface area contributed by atoms with Crippen LogP contribution in [0.15, 0.2) is 45.8 Å². The normalized spacial score (nSPS) is 10.3. The van der Waals surface area contributed by atoms with Crippen molar-refractivity contribution >= 4 is 21.6 Å². The summed E-state index contributed by atoms with van der Waals surface area (Å²) in [5.74, 6) is 0.386. The molecular weight excluding hydrogens is 328 g/mol. The van der Waals surface area contributed by atoms with Gasteiger partial charge in [-0.25, -0.2) is 0 Å². The van der Waals surface area contributed by atoms with E-state index in [2.05, 4.69) is 15.9 Å². The van der Waals surface area contributed by atoms with E-state index in [-0.39, 0.29) is 17.8 Å². The van der Waals surface area contributed by atoms with Crippen LogP contribution >= 0.6 is 15.9 Å². The molecule has 0 aliphatic rings. The van der Waals surface area contributed by atoms with E-state index >= 15 is 0 Å². The highest BCUT2D eigenvalue weighted by atomic mass is 79.9. The molecule has 0 radical (unpaired) electrons. The maximum absolute atomic E-state index is 11.9. The van der Waals surface area contributed by atoms with Gasteiger partial charge in [0.25, 0.3) is 11.2 Å². The molecule has 0 aliphatic carbocycles. The Balaban J connectivity index is 2.43. The number of rotatable bonds is 4. The van der Waals surface area contributed by atoms with E-state index in [1.165, 1.54) is 23.8 Å². The number of methoxy groups -OCH3 is 1. The monoisotopic (exact) mass is 338 g/mol. The molecule has 0 bridgehead atoms. The summed E-state index contributed by atoms with van der Waals surface area (Å²) in [6.45, 7) is 0.232. The van der Waals surface area contributed by atoms with Crippen molar-refractivity contribution in [3.05, 3.63) is 67.0 Å². The molecule has 0 aliphatic heterocycles. The number of aromatic nitrogens is 1. The molecule has 104 valence electrons.